The molecule has 1 aromatic heterocycles. The molecule has 18 heavy (non-hydrogen) atoms. The number of nitrogens with zero attached hydrogens (tertiary/aromatic N) is 1. The second kappa shape index (κ2) is 5.78. The van der Waals surface area contributed by atoms with Crippen molar-refractivity contribution in [3.8, 4) is 0 Å². The Morgan fingerprint density at radius 3 is 2.61 bits per heavy atom. The van der Waals surface area contributed by atoms with E-state index in [2.05, 4.69) is 61.4 Å². The van der Waals surface area contributed by atoms with Gasteiger partial charge in [0, 0.05) is 25.0 Å². The number of hydrogen-bond donors (Lipinski definition) is 1. The Morgan fingerprint density at radius 1 is 1.11 bits per heavy atom. The van der Waals surface area contributed by atoms with Crippen LogP contribution in [0.3, 0.4) is 0 Å². The monoisotopic (exact) mass is 240 g/mol. The summed E-state index contributed by atoms with van der Waals surface area (Å²) in [6, 6.07) is 10.9. The van der Waals surface area contributed by atoms with Crippen molar-refractivity contribution in [1.29, 1.82) is 0 Å². The van der Waals surface area contributed by atoms with Gasteiger partial charge in [-0.1, -0.05) is 24.3 Å². The molecule has 94 valence electrons. The van der Waals surface area contributed by atoms with E-state index >= 15 is 0 Å². The predicted octanol–water partition coefficient (Wildman–Crippen LogP) is 3.55. The molecule has 0 aliphatic rings. The predicted molar refractivity (Wildman–Crippen MR) is 75.4 cm³/mol. The van der Waals surface area contributed by atoms with E-state index in [1.165, 1.54) is 22.3 Å². The molecule has 0 amide bonds. The van der Waals surface area contributed by atoms with Crippen molar-refractivity contribution in [2.24, 2.45) is 0 Å². The van der Waals surface area contributed by atoms with E-state index in [4.69, 9.17) is 0 Å². The Labute approximate surface area is 109 Å². The maximum atomic E-state index is 4.17. The third kappa shape index (κ3) is 2.96. The van der Waals surface area contributed by atoms with Crippen LogP contribution >= 0.6 is 0 Å². The normalized spacial score (nSPS) is 12.4. The number of pyridine rings is 1. The smallest absolute Gasteiger partial charge is 0.0315 e. The zero-order chi connectivity index (χ0) is 13.0. The third-order valence-corrected chi connectivity index (χ3v) is 3.40. The van der Waals surface area contributed by atoms with E-state index in [-0.39, 0.29) is 0 Å². The standard InChI is InChI=1S/C16H20N2/c1-12-8-9-17-10-15(12)11-18-14(3)16-7-5-4-6-13(16)2/h4-10,14,18H,11H2,1-3H3/t14-/m0/s1. The largest absolute Gasteiger partial charge is 0.306 e. The summed E-state index contributed by atoms with van der Waals surface area (Å²) in [6.45, 7) is 7.34. The molecule has 0 aliphatic carbocycles. The van der Waals surface area contributed by atoms with Gasteiger partial charge >= 0.3 is 0 Å². The van der Waals surface area contributed by atoms with Gasteiger partial charge in [0.2, 0.25) is 0 Å². The molecule has 2 aromatic rings. The molecule has 0 aliphatic heterocycles. The van der Waals surface area contributed by atoms with Crippen molar-refractivity contribution in [1.82, 2.24) is 10.3 Å². The van der Waals surface area contributed by atoms with Crippen LogP contribution in [0.15, 0.2) is 42.7 Å². The number of benzene rings is 1. The first-order chi connectivity index (χ1) is 8.68. The minimum Gasteiger partial charge on any atom is -0.306 e. The van der Waals surface area contributed by atoms with Gasteiger partial charge in [-0.05, 0) is 49.1 Å². The molecule has 0 spiro atoms. The quantitative estimate of drug-likeness (QED) is 0.884. The minimum atomic E-state index is 0.353. The lowest BCUT2D eigenvalue weighted by Gasteiger charge is -2.17. The van der Waals surface area contributed by atoms with Crippen LogP contribution in [0.2, 0.25) is 0 Å². The lowest BCUT2D eigenvalue weighted by Crippen LogP contribution is -2.19. The first-order valence-electron chi connectivity index (χ1n) is 6.37. The Balaban J connectivity index is 2.03. The Bertz CT molecular complexity index is 520. The molecule has 1 N–H and O–H groups in total. The van der Waals surface area contributed by atoms with Crippen molar-refractivity contribution in [3.63, 3.8) is 0 Å². The Kier molecular flexibility index (Phi) is 4.11. The van der Waals surface area contributed by atoms with Gasteiger partial charge in [0.25, 0.3) is 0 Å². The molecular weight excluding hydrogens is 220 g/mol. The second-order valence-electron chi connectivity index (χ2n) is 4.76. The highest BCUT2D eigenvalue weighted by atomic mass is 14.9. The molecule has 2 rings (SSSR count). The average molecular weight is 240 g/mol. The maximum Gasteiger partial charge on any atom is 0.0315 e. The molecule has 2 heteroatoms. The fraction of sp³-hybridized carbons (Fsp3) is 0.312. The molecule has 2 nitrogen and oxygen atoms in total. The number of aromatic nitrogens is 1. The molecule has 0 radical (unpaired) electrons. The van der Waals surface area contributed by atoms with Gasteiger partial charge in [-0.2, -0.15) is 0 Å². The summed E-state index contributed by atoms with van der Waals surface area (Å²) in [6.07, 6.45) is 3.77. The van der Waals surface area contributed by atoms with Gasteiger partial charge in [0.1, 0.15) is 0 Å². The van der Waals surface area contributed by atoms with E-state index in [1.54, 1.807) is 0 Å². The lowest BCUT2D eigenvalue weighted by atomic mass is 10.0. The van der Waals surface area contributed by atoms with Crippen LogP contribution in [0.4, 0.5) is 0 Å². The Hall–Kier alpha value is -1.67. The maximum absolute atomic E-state index is 4.17. The van der Waals surface area contributed by atoms with E-state index in [1.807, 2.05) is 12.4 Å². The number of hydrogen-bond acceptors (Lipinski definition) is 2. The number of aryl methyl sites for hydroxylation is 2. The van der Waals surface area contributed by atoms with Gasteiger partial charge in [0.05, 0.1) is 0 Å². The highest BCUT2D eigenvalue weighted by Gasteiger charge is 2.07. The first-order valence-corrected chi connectivity index (χ1v) is 6.37. The number of nitrogens with one attached hydrogen (secondary N) is 1. The fourth-order valence-corrected chi connectivity index (χ4v) is 2.13. The molecule has 0 saturated carbocycles. The zero-order valence-corrected chi connectivity index (χ0v) is 11.3. The van der Waals surface area contributed by atoms with Gasteiger partial charge in [-0.25, -0.2) is 0 Å². The summed E-state index contributed by atoms with van der Waals surface area (Å²) in [7, 11) is 0. The summed E-state index contributed by atoms with van der Waals surface area (Å²) >= 11 is 0. The highest BCUT2D eigenvalue weighted by molar-refractivity contribution is 5.28. The molecule has 1 aromatic carbocycles. The minimum absolute atomic E-state index is 0.353. The van der Waals surface area contributed by atoms with E-state index < -0.39 is 0 Å². The Morgan fingerprint density at radius 2 is 1.89 bits per heavy atom. The van der Waals surface area contributed by atoms with Crippen molar-refractivity contribution in [2.45, 2.75) is 33.4 Å². The summed E-state index contributed by atoms with van der Waals surface area (Å²) in [5.74, 6) is 0. The number of rotatable bonds is 4. The van der Waals surface area contributed by atoms with E-state index in [0.717, 1.165) is 6.54 Å². The van der Waals surface area contributed by atoms with Crippen molar-refractivity contribution >= 4 is 0 Å². The summed E-state index contributed by atoms with van der Waals surface area (Å²) in [5, 5.41) is 3.56. The van der Waals surface area contributed by atoms with Gasteiger partial charge in [-0.3, -0.25) is 4.98 Å². The second-order valence-corrected chi connectivity index (χ2v) is 4.76. The molecule has 0 unspecified atom stereocenters. The van der Waals surface area contributed by atoms with Crippen LogP contribution in [0.25, 0.3) is 0 Å². The third-order valence-electron chi connectivity index (χ3n) is 3.40. The van der Waals surface area contributed by atoms with Gasteiger partial charge in [-0.15, -0.1) is 0 Å². The van der Waals surface area contributed by atoms with Crippen molar-refractivity contribution < 1.29 is 0 Å². The molecule has 0 saturated heterocycles. The van der Waals surface area contributed by atoms with Crippen LogP contribution < -0.4 is 5.32 Å². The van der Waals surface area contributed by atoms with Crippen LogP contribution in [0.1, 0.15) is 35.2 Å². The lowest BCUT2D eigenvalue weighted by molar-refractivity contribution is 0.570. The zero-order valence-electron chi connectivity index (χ0n) is 11.3. The SMILES string of the molecule is Cc1ccncc1CN[C@@H](C)c1ccccc1C. The van der Waals surface area contributed by atoms with Gasteiger partial charge in [0.15, 0.2) is 0 Å². The van der Waals surface area contributed by atoms with Crippen LogP contribution in [0, 0.1) is 13.8 Å². The van der Waals surface area contributed by atoms with Crippen molar-refractivity contribution in [2.75, 3.05) is 0 Å². The molecule has 1 atom stereocenters. The van der Waals surface area contributed by atoms with E-state index in [0.29, 0.717) is 6.04 Å². The summed E-state index contributed by atoms with van der Waals surface area (Å²) < 4.78 is 0. The topological polar surface area (TPSA) is 24.9 Å². The van der Waals surface area contributed by atoms with Crippen LogP contribution in [-0.4, -0.2) is 4.98 Å². The summed E-state index contributed by atoms with van der Waals surface area (Å²) in [5.41, 5.74) is 5.24. The van der Waals surface area contributed by atoms with Crippen LogP contribution in [-0.2, 0) is 6.54 Å². The molecular formula is C16H20N2. The van der Waals surface area contributed by atoms with Crippen molar-refractivity contribution in [3.05, 3.63) is 65.0 Å². The van der Waals surface area contributed by atoms with E-state index in [9.17, 15) is 0 Å². The molecule has 0 bridgehead atoms. The summed E-state index contributed by atoms with van der Waals surface area (Å²) in [4.78, 5) is 4.17. The first kappa shape index (κ1) is 12.8. The highest BCUT2D eigenvalue weighted by Crippen LogP contribution is 2.17. The molecule has 0 fully saturated rings. The average Bonchev–Trinajstić information content (AvgIpc) is 2.38. The van der Waals surface area contributed by atoms with Gasteiger partial charge < -0.3 is 5.32 Å². The molecule has 1 heterocycles. The van der Waals surface area contributed by atoms with Crippen LogP contribution in [0.5, 0.6) is 0 Å². The fourth-order valence-electron chi connectivity index (χ4n) is 2.13.